The third-order valence-electron chi connectivity index (χ3n) is 11.7. The van der Waals surface area contributed by atoms with Crippen LogP contribution in [0.25, 0.3) is 109 Å². The van der Waals surface area contributed by atoms with Crippen LogP contribution in [0.3, 0.4) is 0 Å². The van der Waals surface area contributed by atoms with E-state index in [9.17, 15) is 0 Å². The largest absolute Gasteiger partial charge is 0.309 e. The first kappa shape index (κ1) is 32.1. The van der Waals surface area contributed by atoms with Crippen LogP contribution in [-0.4, -0.2) is 9.13 Å². The van der Waals surface area contributed by atoms with Gasteiger partial charge in [-0.3, -0.25) is 0 Å². The summed E-state index contributed by atoms with van der Waals surface area (Å²) >= 11 is 1.88. The molecular formula is C54H34N2S. The number of nitrogens with zero attached hydrogens (tertiary/aromatic N) is 2. The highest BCUT2D eigenvalue weighted by atomic mass is 32.1. The highest BCUT2D eigenvalue weighted by Gasteiger charge is 2.20. The summed E-state index contributed by atoms with van der Waals surface area (Å²) < 4.78 is 7.51. The number of hydrogen-bond donors (Lipinski definition) is 0. The van der Waals surface area contributed by atoms with Crippen molar-refractivity contribution in [3.63, 3.8) is 0 Å². The molecule has 266 valence electrons. The van der Waals surface area contributed by atoms with Crippen LogP contribution < -0.4 is 0 Å². The zero-order valence-corrected chi connectivity index (χ0v) is 31.7. The van der Waals surface area contributed by atoms with Gasteiger partial charge in [0.05, 0.1) is 27.8 Å². The van der Waals surface area contributed by atoms with Gasteiger partial charge in [0.1, 0.15) is 0 Å². The lowest BCUT2D eigenvalue weighted by Gasteiger charge is -2.12. The van der Waals surface area contributed by atoms with E-state index in [4.69, 9.17) is 0 Å². The minimum absolute atomic E-state index is 1.16. The molecule has 0 bridgehead atoms. The van der Waals surface area contributed by atoms with E-state index in [-0.39, 0.29) is 0 Å². The Morgan fingerprint density at radius 1 is 0.298 bits per heavy atom. The second kappa shape index (κ2) is 12.7. The fourth-order valence-electron chi connectivity index (χ4n) is 9.19. The topological polar surface area (TPSA) is 9.86 Å². The summed E-state index contributed by atoms with van der Waals surface area (Å²) in [6.07, 6.45) is 0. The Bertz CT molecular complexity index is 3510. The van der Waals surface area contributed by atoms with Gasteiger partial charge in [-0.05, 0) is 100 Å². The van der Waals surface area contributed by atoms with Crippen molar-refractivity contribution in [2.24, 2.45) is 0 Å². The lowest BCUT2D eigenvalue weighted by molar-refractivity contribution is 1.18. The van der Waals surface area contributed by atoms with Crippen LogP contribution >= 0.6 is 11.3 Å². The Hall–Kier alpha value is -7.20. The maximum atomic E-state index is 2.49. The molecule has 0 radical (unpaired) electrons. The molecule has 0 saturated carbocycles. The number of aromatic nitrogens is 2. The van der Waals surface area contributed by atoms with Gasteiger partial charge < -0.3 is 9.13 Å². The lowest BCUT2D eigenvalue weighted by atomic mass is 9.99. The summed E-state index contributed by atoms with van der Waals surface area (Å²) in [5.74, 6) is 0. The Balaban J connectivity index is 1.04. The van der Waals surface area contributed by atoms with Crippen LogP contribution in [0.2, 0.25) is 0 Å². The molecule has 0 spiro atoms. The number of rotatable bonds is 5. The van der Waals surface area contributed by atoms with Gasteiger partial charge in [0.25, 0.3) is 0 Å². The summed E-state index contributed by atoms with van der Waals surface area (Å²) in [4.78, 5) is 0. The summed E-state index contributed by atoms with van der Waals surface area (Å²) in [6, 6.07) is 75.6. The van der Waals surface area contributed by atoms with Crippen molar-refractivity contribution in [1.29, 1.82) is 0 Å². The number of benzene rings is 9. The highest BCUT2D eigenvalue weighted by molar-refractivity contribution is 7.26. The molecule has 57 heavy (non-hydrogen) atoms. The van der Waals surface area contributed by atoms with Crippen molar-refractivity contribution in [1.82, 2.24) is 9.13 Å². The van der Waals surface area contributed by atoms with Gasteiger partial charge in [-0.25, -0.2) is 0 Å². The highest BCUT2D eigenvalue weighted by Crippen LogP contribution is 2.45. The Morgan fingerprint density at radius 2 is 0.807 bits per heavy atom. The van der Waals surface area contributed by atoms with Crippen molar-refractivity contribution in [2.45, 2.75) is 0 Å². The lowest BCUT2D eigenvalue weighted by Crippen LogP contribution is -1.95. The molecule has 9 aromatic carbocycles. The van der Waals surface area contributed by atoms with Gasteiger partial charge in [-0.1, -0.05) is 140 Å². The van der Waals surface area contributed by atoms with Gasteiger partial charge >= 0.3 is 0 Å². The maximum Gasteiger partial charge on any atom is 0.0555 e. The van der Waals surface area contributed by atoms with Crippen LogP contribution in [0.15, 0.2) is 206 Å². The SMILES string of the molecule is c1ccc(-c2cccc(-n3c4ccccc4c4cc(-c5ccc6c(c5)c5ccccc5n6-c5cccc6sc7cccc(-c8ccccc8)c7c56)ccc43)c2)cc1. The van der Waals surface area contributed by atoms with Crippen molar-refractivity contribution in [2.75, 3.05) is 0 Å². The molecule has 3 heterocycles. The minimum Gasteiger partial charge on any atom is -0.309 e. The molecule has 3 aromatic heterocycles. The average Bonchev–Trinajstić information content (AvgIpc) is 3.94. The first-order chi connectivity index (χ1) is 28.3. The predicted octanol–water partition coefficient (Wildman–Crippen LogP) is 15.2. The molecule has 0 unspecified atom stereocenters. The number of hydrogen-bond acceptors (Lipinski definition) is 1. The van der Waals surface area contributed by atoms with E-state index in [2.05, 4.69) is 215 Å². The fourth-order valence-corrected chi connectivity index (χ4v) is 10.3. The Morgan fingerprint density at radius 3 is 1.51 bits per heavy atom. The van der Waals surface area contributed by atoms with Crippen LogP contribution in [0, 0.1) is 0 Å². The average molecular weight is 743 g/mol. The van der Waals surface area contributed by atoms with Crippen LogP contribution in [0.1, 0.15) is 0 Å². The molecule has 3 heteroatoms. The van der Waals surface area contributed by atoms with Gasteiger partial charge in [-0.15, -0.1) is 11.3 Å². The maximum absolute atomic E-state index is 2.49. The quantitative estimate of drug-likeness (QED) is 0.166. The number of fused-ring (bicyclic) bond motifs is 9. The van der Waals surface area contributed by atoms with Gasteiger partial charge in [0.2, 0.25) is 0 Å². The molecule has 0 N–H and O–H groups in total. The normalized spacial score (nSPS) is 11.9. The van der Waals surface area contributed by atoms with E-state index < -0.39 is 0 Å². The monoisotopic (exact) mass is 742 g/mol. The first-order valence-electron chi connectivity index (χ1n) is 19.5. The van der Waals surface area contributed by atoms with E-state index in [1.165, 1.54) is 103 Å². The standard InChI is InChI=1S/C54H34N2S/c1-3-14-35(15-4-1)37-18-11-19-40(32-37)55-46-23-9-7-20-42(46)44-33-38(28-30-48(44)55)39-29-31-49-45(34-39)43-21-8-10-24-47(43)56(49)50-25-13-27-52-54(50)53-41(22-12-26-51(53)57-52)36-16-5-2-6-17-36/h1-34H. The summed E-state index contributed by atoms with van der Waals surface area (Å²) in [6.45, 7) is 0. The molecule has 0 fully saturated rings. The second-order valence-electron chi connectivity index (χ2n) is 14.9. The summed E-state index contributed by atoms with van der Waals surface area (Å²) in [5, 5.41) is 7.64. The zero-order chi connectivity index (χ0) is 37.5. The van der Waals surface area contributed by atoms with E-state index >= 15 is 0 Å². The molecule has 0 aliphatic carbocycles. The minimum atomic E-state index is 1.16. The summed E-state index contributed by atoms with van der Waals surface area (Å²) in [7, 11) is 0. The molecule has 12 aromatic rings. The van der Waals surface area contributed by atoms with Crippen LogP contribution in [0.5, 0.6) is 0 Å². The second-order valence-corrected chi connectivity index (χ2v) is 16.0. The Labute approximate surface area is 333 Å². The van der Waals surface area contributed by atoms with Crippen molar-refractivity contribution in [3.8, 4) is 44.8 Å². The van der Waals surface area contributed by atoms with Crippen LogP contribution in [-0.2, 0) is 0 Å². The molecule has 0 aliphatic heterocycles. The fraction of sp³-hybridized carbons (Fsp3) is 0. The summed E-state index contributed by atoms with van der Waals surface area (Å²) in [5.41, 5.74) is 14.6. The molecule has 0 amide bonds. The zero-order valence-electron chi connectivity index (χ0n) is 30.9. The molecular weight excluding hydrogens is 709 g/mol. The molecule has 2 nitrogen and oxygen atoms in total. The van der Waals surface area contributed by atoms with E-state index in [0.29, 0.717) is 0 Å². The third-order valence-corrected chi connectivity index (χ3v) is 12.8. The molecule has 0 saturated heterocycles. The molecule has 0 atom stereocenters. The number of thiophene rings is 1. The Kier molecular flexibility index (Phi) is 7.13. The van der Waals surface area contributed by atoms with E-state index in [1.54, 1.807) is 0 Å². The van der Waals surface area contributed by atoms with E-state index in [0.717, 1.165) is 5.69 Å². The van der Waals surface area contributed by atoms with Crippen LogP contribution in [0.4, 0.5) is 0 Å². The van der Waals surface area contributed by atoms with Crippen molar-refractivity contribution < 1.29 is 0 Å². The molecule has 12 rings (SSSR count). The van der Waals surface area contributed by atoms with Gasteiger partial charge in [0.15, 0.2) is 0 Å². The van der Waals surface area contributed by atoms with Crippen molar-refractivity contribution >= 4 is 75.1 Å². The smallest absolute Gasteiger partial charge is 0.0555 e. The first-order valence-corrected chi connectivity index (χ1v) is 20.3. The predicted molar refractivity (Wildman–Crippen MR) is 244 cm³/mol. The van der Waals surface area contributed by atoms with Crippen molar-refractivity contribution in [3.05, 3.63) is 206 Å². The van der Waals surface area contributed by atoms with Gasteiger partial charge in [0, 0.05) is 47.4 Å². The number of para-hydroxylation sites is 2. The molecule has 0 aliphatic rings. The van der Waals surface area contributed by atoms with Gasteiger partial charge in [-0.2, -0.15) is 0 Å². The van der Waals surface area contributed by atoms with E-state index in [1.807, 2.05) is 11.3 Å². The third kappa shape index (κ3) is 4.96.